The second kappa shape index (κ2) is 8.34. The molecule has 4 nitrogen and oxygen atoms in total. The Morgan fingerprint density at radius 1 is 1.04 bits per heavy atom. The highest BCUT2D eigenvalue weighted by Crippen LogP contribution is 2.24. The van der Waals surface area contributed by atoms with Crippen LogP contribution >= 0.6 is 0 Å². The zero-order valence-corrected chi connectivity index (χ0v) is 14.4. The first kappa shape index (κ1) is 17.7. The molecule has 0 aliphatic carbocycles. The standard InChI is InChI=1S/C21H20FNO3/c1-15(26-18-11-9-17(22)10-12-18)21(24)23-13-14-25-20-8-4-6-16-5-2-3-7-19(16)20/h2-12,15H,13-14H2,1H3,(H,23,24). The van der Waals surface area contributed by atoms with Crippen LogP contribution in [0.25, 0.3) is 10.8 Å². The summed E-state index contributed by atoms with van der Waals surface area (Å²) in [6.45, 7) is 2.35. The predicted octanol–water partition coefficient (Wildman–Crippen LogP) is 3.94. The monoisotopic (exact) mass is 353 g/mol. The number of benzene rings is 3. The maximum Gasteiger partial charge on any atom is 0.260 e. The highest BCUT2D eigenvalue weighted by atomic mass is 19.1. The van der Waals surface area contributed by atoms with Gasteiger partial charge in [-0.15, -0.1) is 0 Å². The molecule has 134 valence electrons. The smallest absolute Gasteiger partial charge is 0.260 e. The van der Waals surface area contributed by atoms with Crippen LogP contribution in [-0.4, -0.2) is 25.2 Å². The molecule has 1 atom stereocenters. The molecule has 0 aromatic heterocycles. The van der Waals surface area contributed by atoms with E-state index in [4.69, 9.17) is 9.47 Å². The molecule has 0 radical (unpaired) electrons. The van der Waals surface area contributed by atoms with Crippen LogP contribution in [0.2, 0.25) is 0 Å². The van der Waals surface area contributed by atoms with Crippen molar-refractivity contribution in [3.8, 4) is 11.5 Å². The first-order valence-corrected chi connectivity index (χ1v) is 8.44. The lowest BCUT2D eigenvalue weighted by molar-refractivity contribution is -0.127. The van der Waals surface area contributed by atoms with Gasteiger partial charge in [-0.25, -0.2) is 4.39 Å². The average molecular weight is 353 g/mol. The topological polar surface area (TPSA) is 47.6 Å². The van der Waals surface area contributed by atoms with Crippen molar-refractivity contribution in [3.63, 3.8) is 0 Å². The number of hydrogen-bond donors (Lipinski definition) is 1. The molecule has 5 heteroatoms. The summed E-state index contributed by atoms with van der Waals surface area (Å²) < 4.78 is 24.1. The Morgan fingerprint density at radius 2 is 1.77 bits per heavy atom. The van der Waals surface area contributed by atoms with E-state index in [1.807, 2.05) is 42.5 Å². The molecular formula is C21H20FNO3. The van der Waals surface area contributed by atoms with E-state index in [1.165, 1.54) is 24.3 Å². The lowest BCUT2D eigenvalue weighted by atomic mass is 10.1. The first-order valence-electron chi connectivity index (χ1n) is 8.44. The van der Waals surface area contributed by atoms with Gasteiger partial charge >= 0.3 is 0 Å². The Kier molecular flexibility index (Phi) is 5.69. The summed E-state index contributed by atoms with van der Waals surface area (Å²) in [4.78, 5) is 12.1. The molecule has 3 rings (SSSR count). The van der Waals surface area contributed by atoms with Crippen molar-refractivity contribution in [1.82, 2.24) is 5.32 Å². The number of carbonyl (C=O) groups is 1. The molecule has 3 aromatic rings. The minimum absolute atomic E-state index is 0.254. The minimum Gasteiger partial charge on any atom is -0.491 e. The Labute approximate surface area is 151 Å². The van der Waals surface area contributed by atoms with Gasteiger partial charge in [0.25, 0.3) is 5.91 Å². The zero-order valence-electron chi connectivity index (χ0n) is 14.4. The largest absolute Gasteiger partial charge is 0.491 e. The number of ether oxygens (including phenoxy) is 2. The highest BCUT2D eigenvalue weighted by Gasteiger charge is 2.14. The zero-order chi connectivity index (χ0) is 18.4. The van der Waals surface area contributed by atoms with E-state index in [0.29, 0.717) is 18.9 Å². The lowest BCUT2D eigenvalue weighted by Gasteiger charge is -2.15. The van der Waals surface area contributed by atoms with Crippen molar-refractivity contribution in [3.05, 3.63) is 72.5 Å². The fraction of sp³-hybridized carbons (Fsp3) is 0.190. The molecule has 26 heavy (non-hydrogen) atoms. The third-order valence-electron chi connectivity index (χ3n) is 3.90. The van der Waals surface area contributed by atoms with Gasteiger partial charge < -0.3 is 14.8 Å². The van der Waals surface area contributed by atoms with Gasteiger partial charge in [0, 0.05) is 5.39 Å². The normalized spacial score (nSPS) is 11.8. The van der Waals surface area contributed by atoms with Gasteiger partial charge in [0.15, 0.2) is 6.10 Å². The van der Waals surface area contributed by atoms with Gasteiger partial charge in [-0.05, 0) is 42.6 Å². The van der Waals surface area contributed by atoms with Crippen LogP contribution in [0.15, 0.2) is 66.7 Å². The first-order chi connectivity index (χ1) is 12.6. The molecule has 0 aliphatic rings. The van der Waals surface area contributed by atoms with Crippen LogP contribution in [-0.2, 0) is 4.79 Å². The summed E-state index contributed by atoms with van der Waals surface area (Å²) >= 11 is 0. The molecule has 0 fully saturated rings. The summed E-state index contributed by atoms with van der Waals surface area (Å²) in [5.41, 5.74) is 0. The molecule has 0 saturated carbocycles. The van der Waals surface area contributed by atoms with Crippen molar-refractivity contribution >= 4 is 16.7 Å². The van der Waals surface area contributed by atoms with Crippen molar-refractivity contribution in [2.45, 2.75) is 13.0 Å². The molecule has 1 N–H and O–H groups in total. The summed E-state index contributed by atoms with van der Waals surface area (Å²) in [7, 11) is 0. The summed E-state index contributed by atoms with van der Waals surface area (Å²) in [6.07, 6.45) is -0.682. The number of nitrogens with one attached hydrogen (secondary N) is 1. The second-order valence-electron chi connectivity index (χ2n) is 5.83. The number of carbonyl (C=O) groups excluding carboxylic acids is 1. The number of halogens is 1. The van der Waals surface area contributed by atoms with Gasteiger partial charge in [-0.3, -0.25) is 4.79 Å². The molecule has 1 unspecified atom stereocenters. The van der Waals surface area contributed by atoms with E-state index < -0.39 is 6.10 Å². The lowest BCUT2D eigenvalue weighted by Crippen LogP contribution is -2.38. The van der Waals surface area contributed by atoms with Crippen molar-refractivity contribution in [2.75, 3.05) is 13.2 Å². The SMILES string of the molecule is CC(Oc1ccc(F)cc1)C(=O)NCCOc1cccc2ccccc12. The maximum absolute atomic E-state index is 12.9. The average Bonchev–Trinajstić information content (AvgIpc) is 2.67. The molecule has 0 aliphatic heterocycles. The van der Waals surface area contributed by atoms with E-state index in [2.05, 4.69) is 5.32 Å². The fourth-order valence-electron chi connectivity index (χ4n) is 2.57. The third-order valence-corrected chi connectivity index (χ3v) is 3.90. The van der Waals surface area contributed by atoms with Crippen molar-refractivity contribution in [1.29, 1.82) is 0 Å². The van der Waals surface area contributed by atoms with Gasteiger partial charge in [0.05, 0.1) is 6.54 Å². The number of rotatable bonds is 7. The van der Waals surface area contributed by atoms with Crippen LogP contribution in [0.4, 0.5) is 4.39 Å². The quantitative estimate of drug-likeness (QED) is 0.655. The van der Waals surface area contributed by atoms with Gasteiger partial charge in [-0.1, -0.05) is 36.4 Å². The Bertz CT molecular complexity index is 875. The molecule has 0 saturated heterocycles. The molecule has 1 amide bonds. The van der Waals surface area contributed by atoms with E-state index in [-0.39, 0.29) is 11.7 Å². The third kappa shape index (κ3) is 4.51. The van der Waals surface area contributed by atoms with Gasteiger partial charge in [0.1, 0.15) is 23.9 Å². The van der Waals surface area contributed by atoms with Crippen molar-refractivity contribution < 1.29 is 18.7 Å². The fourth-order valence-corrected chi connectivity index (χ4v) is 2.57. The Hall–Kier alpha value is -3.08. The molecule has 0 heterocycles. The van der Waals surface area contributed by atoms with E-state index in [1.54, 1.807) is 6.92 Å². The summed E-state index contributed by atoms with van der Waals surface area (Å²) in [6, 6.07) is 19.4. The maximum atomic E-state index is 12.9. The second-order valence-corrected chi connectivity index (χ2v) is 5.83. The molecule has 0 bridgehead atoms. The predicted molar refractivity (Wildman–Crippen MR) is 98.9 cm³/mol. The van der Waals surface area contributed by atoms with Gasteiger partial charge in [0.2, 0.25) is 0 Å². The van der Waals surface area contributed by atoms with Crippen LogP contribution in [0.1, 0.15) is 6.92 Å². The van der Waals surface area contributed by atoms with E-state index >= 15 is 0 Å². The van der Waals surface area contributed by atoms with Crippen LogP contribution in [0, 0.1) is 5.82 Å². The Morgan fingerprint density at radius 3 is 2.58 bits per heavy atom. The van der Waals surface area contributed by atoms with Gasteiger partial charge in [-0.2, -0.15) is 0 Å². The Balaban J connectivity index is 1.46. The van der Waals surface area contributed by atoms with E-state index in [9.17, 15) is 9.18 Å². The minimum atomic E-state index is -0.682. The number of hydrogen-bond acceptors (Lipinski definition) is 3. The highest BCUT2D eigenvalue weighted by molar-refractivity contribution is 5.88. The molecular weight excluding hydrogens is 333 g/mol. The number of amides is 1. The summed E-state index contributed by atoms with van der Waals surface area (Å²) in [5, 5.41) is 4.91. The number of fused-ring (bicyclic) bond motifs is 1. The molecule has 3 aromatic carbocycles. The summed E-state index contributed by atoms with van der Waals surface area (Å²) in [5.74, 6) is 0.630. The van der Waals surface area contributed by atoms with Crippen LogP contribution < -0.4 is 14.8 Å². The van der Waals surface area contributed by atoms with Crippen molar-refractivity contribution in [2.24, 2.45) is 0 Å². The molecule has 0 spiro atoms. The van der Waals surface area contributed by atoms with Crippen LogP contribution in [0.5, 0.6) is 11.5 Å². The van der Waals surface area contributed by atoms with Crippen LogP contribution in [0.3, 0.4) is 0 Å². The van der Waals surface area contributed by atoms with E-state index in [0.717, 1.165) is 16.5 Å².